The van der Waals surface area contributed by atoms with Gasteiger partial charge in [0.15, 0.2) is 6.61 Å². The molecule has 0 aliphatic heterocycles. The largest absolute Gasteiger partial charge is 0.484 e. The van der Waals surface area contributed by atoms with E-state index in [-0.39, 0.29) is 25.0 Å². The summed E-state index contributed by atoms with van der Waals surface area (Å²) in [5.74, 6) is 0.395. The number of aryl methyl sites for hydroxylation is 2. The third-order valence-electron chi connectivity index (χ3n) is 5.02. The molecule has 0 bridgehead atoms. The molecular formula is C25H32Cl2N2O3. The molecule has 0 saturated heterocycles. The van der Waals surface area contributed by atoms with Gasteiger partial charge in [0.2, 0.25) is 5.91 Å². The first-order valence-electron chi connectivity index (χ1n) is 10.8. The first-order valence-corrected chi connectivity index (χ1v) is 11.6. The number of hydrogen-bond acceptors (Lipinski definition) is 3. The fourth-order valence-electron chi connectivity index (χ4n) is 3.44. The van der Waals surface area contributed by atoms with Crippen molar-refractivity contribution in [2.75, 3.05) is 13.2 Å². The number of rotatable bonds is 10. The lowest BCUT2D eigenvalue weighted by Crippen LogP contribution is -2.50. The molecule has 0 spiro atoms. The summed E-state index contributed by atoms with van der Waals surface area (Å²) in [6.45, 7) is 10.3. The van der Waals surface area contributed by atoms with Crippen LogP contribution in [0.2, 0.25) is 10.0 Å². The lowest BCUT2D eigenvalue weighted by molar-refractivity contribution is -0.143. The van der Waals surface area contributed by atoms with Gasteiger partial charge in [-0.05, 0) is 61.6 Å². The molecule has 0 fully saturated rings. The third-order valence-corrected chi connectivity index (χ3v) is 5.73. The summed E-state index contributed by atoms with van der Waals surface area (Å²) < 4.78 is 5.79. The van der Waals surface area contributed by atoms with Gasteiger partial charge in [-0.2, -0.15) is 0 Å². The lowest BCUT2D eigenvalue weighted by atomic mass is 10.1. The molecule has 0 aromatic heterocycles. The molecule has 174 valence electrons. The van der Waals surface area contributed by atoms with Gasteiger partial charge < -0.3 is 15.0 Å². The normalized spacial score (nSPS) is 11.9. The highest BCUT2D eigenvalue weighted by atomic mass is 35.5. The highest BCUT2D eigenvalue weighted by Crippen LogP contribution is 2.27. The second kappa shape index (κ2) is 12.1. The average molecular weight is 479 g/mol. The van der Waals surface area contributed by atoms with Crippen LogP contribution in [0, 0.1) is 19.8 Å². The van der Waals surface area contributed by atoms with Gasteiger partial charge in [-0.15, -0.1) is 0 Å². The maximum absolute atomic E-state index is 13.3. The van der Waals surface area contributed by atoms with Crippen LogP contribution in [0.1, 0.15) is 43.9 Å². The van der Waals surface area contributed by atoms with E-state index in [2.05, 4.69) is 5.32 Å². The van der Waals surface area contributed by atoms with Gasteiger partial charge in [0.05, 0.1) is 0 Å². The predicted molar refractivity (Wildman–Crippen MR) is 130 cm³/mol. The van der Waals surface area contributed by atoms with Crippen LogP contribution in [0.5, 0.6) is 5.75 Å². The summed E-state index contributed by atoms with van der Waals surface area (Å²) in [4.78, 5) is 27.7. The Hall–Kier alpha value is -2.24. The van der Waals surface area contributed by atoms with Crippen molar-refractivity contribution in [1.82, 2.24) is 10.2 Å². The van der Waals surface area contributed by atoms with Crippen LogP contribution in [0.25, 0.3) is 0 Å². The quantitative estimate of drug-likeness (QED) is 0.485. The van der Waals surface area contributed by atoms with Gasteiger partial charge in [-0.25, -0.2) is 0 Å². The maximum Gasteiger partial charge on any atom is 0.261 e. The second-order valence-electron chi connectivity index (χ2n) is 8.40. The molecule has 0 aliphatic rings. The summed E-state index contributed by atoms with van der Waals surface area (Å²) in [5.41, 5.74) is 2.70. The van der Waals surface area contributed by atoms with Gasteiger partial charge >= 0.3 is 0 Å². The zero-order valence-corrected chi connectivity index (χ0v) is 20.9. The Balaban J connectivity index is 2.28. The number of carbonyl (C=O) groups excluding carboxylic acids is 2. The second-order valence-corrected chi connectivity index (χ2v) is 9.21. The molecule has 0 heterocycles. The van der Waals surface area contributed by atoms with Crippen molar-refractivity contribution in [3.8, 4) is 5.75 Å². The van der Waals surface area contributed by atoms with E-state index in [0.29, 0.717) is 40.2 Å². The molecule has 0 radical (unpaired) electrons. The molecule has 2 aromatic carbocycles. The highest BCUT2D eigenvalue weighted by Gasteiger charge is 2.30. The van der Waals surface area contributed by atoms with Gasteiger partial charge in [0.25, 0.3) is 5.91 Å². The highest BCUT2D eigenvalue weighted by molar-refractivity contribution is 6.36. The Morgan fingerprint density at radius 3 is 2.19 bits per heavy atom. The van der Waals surface area contributed by atoms with Crippen LogP contribution in [0.4, 0.5) is 0 Å². The minimum Gasteiger partial charge on any atom is -0.484 e. The smallest absolute Gasteiger partial charge is 0.261 e. The molecular weight excluding hydrogens is 447 g/mol. The summed E-state index contributed by atoms with van der Waals surface area (Å²) >= 11 is 12.7. The lowest BCUT2D eigenvalue weighted by Gasteiger charge is -2.31. The molecule has 32 heavy (non-hydrogen) atoms. The van der Waals surface area contributed by atoms with Crippen LogP contribution < -0.4 is 10.1 Å². The number of benzene rings is 2. The minimum absolute atomic E-state index is 0.112. The third kappa shape index (κ3) is 7.42. The molecule has 2 amide bonds. The van der Waals surface area contributed by atoms with Crippen molar-refractivity contribution in [2.45, 2.75) is 53.6 Å². The Morgan fingerprint density at radius 2 is 1.66 bits per heavy atom. The molecule has 1 N–H and O–H groups in total. The van der Waals surface area contributed by atoms with Crippen LogP contribution in [-0.2, 0) is 16.1 Å². The van der Waals surface area contributed by atoms with E-state index in [1.165, 1.54) is 4.90 Å². The number of ether oxygens (including phenoxy) is 1. The zero-order valence-electron chi connectivity index (χ0n) is 19.4. The molecule has 0 aliphatic carbocycles. The fourth-order valence-corrected chi connectivity index (χ4v) is 3.96. The van der Waals surface area contributed by atoms with Gasteiger partial charge in [0.1, 0.15) is 11.8 Å². The van der Waals surface area contributed by atoms with Crippen molar-refractivity contribution in [3.63, 3.8) is 0 Å². The van der Waals surface area contributed by atoms with E-state index in [1.54, 1.807) is 18.2 Å². The molecule has 2 rings (SSSR count). The van der Waals surface area contributed by atoms with E-state index in [0.717, 1.165) is 11.1 Å². The molecule has 5 nitrogen and oxygen atoms in total. The van der Waals surface area contributed by atoms with Crippen LogP contribution in [-0.4, -0.2) is 35.9 Å². The van der Waals surface area contributed by atoms with Crippen LogP contribution in [0.3, 0.4) is 0 Å². The van der Waals surface area contributed by atoms with Gasteiger partial charge in [0, 0.05) is 28.7 Å². The number of amides is 2. The average Bonchev–Trinajstić information content (AvgIpc) is 2.71. The van der Waals surface area contributed by atoms with Gasteiger partial charge in [-0.1, -0.05) is 56.1 Å². The number of hydrogen-bond donors (Lipinski definition) is 1. The Labute approximate surface area is 201 Å². The minimum atomic E-state index is -0.670. The van der Waals surface area contributed by atoms with E-state index in [9.17, 15) is 9.59 Å². The van der Waals surface area contributed by atoms with E-state index in [4.69, 9.17) is 27.9 Å². The fraction of sp³-hybridized carbons (Fsp3) is 0.440. The molecule has 2 aromatic rings. The maximum atomic E-state index is 13.3. The van der Waals surface area contributed by atoms with E-state index >= 15 is 0 Å². The Bertz CT molecular complexity index is 906. The van der Waals surface area contributed by atoms with Crippen molar-refractivity contribution >= 4 is 35.0 Å². The predicted octanol–water partition coefficient (Wildman–Crippen LogP) is 5.57. The molecule has 7 heteroatoms. The van der Waals surface area contributed by atoms with E-state index in [1.807, 2.05) is 52.8 Å². The van der Waals surface area contributed by atoms with Crippen molar-refractivity contribution in [2.24, 2.45) is 5.92 Å². The number of nitrogens with zero attached hydrogens (tertiary/aromatic N) is 1. The monoisotopic (exact) mass is 478 g/mol. The molecule has 0 saturated carbocycles. The van der Waals surface area contributed by atoms with Crippen LogP contribution in [0.15, 0.2) is 36.4 Å². The SMILES string of the molecule is CC[C@H](C(=O)NCC(C)C)N(Cc1c(Cl)cccc1Cl)C(=O)COc1cc(C)cc(C)c1. The van der Waals surface area contributed by atoms with Crippen molar-refractivity contribution < 1.29 is 14.3 Å². The first-order chi connectivity index (χ1) is 15.1. The van der Waals surface area contributed by atoms with Crippen molar-refractivity contribution in [3.05, 3.63) is 63.1 Å². The summed E-state index contributed by atoms with van der Waals surface area (Å²) in [6, 6.07) is 10.3. The Kier molecular flexibility index (Phi) is 9.85. The summed E-state index contributed by atoms with van der Waals surface area (Å²) in [5, 5.41) is 3.83. The number of carbonyl (C=O) groups is 2. The van der Waals surface area contributed by atoms with Crippen LogP contribution >= 0.6 is 23.2 Å². The van der Waals surface area contributed by atoms with Gasteiger partial charge in [-0.3, -0.25) is 9.59 Å². The number of nitrogens with one attached hydrogen (secondary N) is 1. The molecule has 0 unspecified atom stereocenters. The summed E-state index contributed by atoms with van der Waals surface area (Å²) in [6.07, 6.45) is 0.446. The first kappa shape index (κ1) is 26.0. The summed E-state index contributed by atoms with van der Waals surface area (Å²) in [7, 11) is 0. The number of halogens is 2. The van der Waals surface area contributed by atoms with Crippen molar-refractivity contribution in [1.29, 1.82) is 0 Å². The standard InChI is InChI=1S/C25H32Cl2N2O3/c1-6-23(25(31)28-13-16(2)3)29(14-20-21(26)8-7-9-22(20)27)24(30)15-32-19-11-17(4)10-18(5)12-19/h7-12,16,23H,6,13-15H2,1-5H3,(H,28,31)/t23-/m1/s1. The topological polar surface area (TPSA) is 58.6 Å². The molecule has 1 atom stereocenters. The Morgan fingerprint density at radius 1 is 1.06 bits per heavy atom. The van der Waals surface area contributed by atoms with E-state index < -0.39 is 6.04 Å². The zero-order chi connectivity index (χ0) is 23.8.